The summed E-state index contributed by atoms with van der Waals surface area (Å²) in [6, 6.07) is -0.0285. The van der Waals surface area contributed by atoms with Gasteiger partial charge >= 0.3 is 6.03 Å². The molecule has 142 valence electrons. The molecule has 5 nitrogen and oxygen atoms in total. The lowest BCUT2D eigenvalue weighted by atomic mass is 10.1. The Bertz CT molecular complexity index is 294. The molecule has 2 N–H and O–H groups in total. The number of amides is 2. The molecule has 1 aliphatic rings. The zero-order chi connectivity index (χ0) is 17.3. The van der Waals surface area contributed by atoms with Crippen molar-refractivity contribution in [2.75, 3.05) is 45.9 Å². The first-order chi connectivity index (χ1) is 11.8. The van der Waals surface area contributed by atoms with Crippen molar-refractivity contribution in [2.45, 2.75) is 71.1 Å². The molecule has 0 aliphatic carbocycles. The van der Waals surface area contributed by atoms with Crippen LogP contribution in [0, 0.1) is 0 Å². The summed E-state index contributed by atoms with van der Waals surface area (Å²) >= 11 is 0. The van der Waals surface area contributed by atoms with Crippen LogP contribution in [0.15, 0.2) is 0 Å². The molecule has 0 radical (unpaired) electrons. The molecule has 0 unspecified atom stereocenters. The van der Waals surface area contributed by atoms with Gasteiger partial charge in [0.25, 0.3) is 0 Å². The number of rotatable bonds is 14. The number of carbonyl (C=O) groups is 1. The number of carbonyl (C=O) groups excluding carboxylic acids is 1. The van der Waals surface area contributed by atoms with Gasteiger partial charge in [0.2, 0.25) is 0 Å². The molecular weight excluding hydrogens is 302 g/mol. The van der Waals surface area contributed by atoms with Gasteiger partial charge in [-0.05, 0) is 6.42 Å². The van der Waals surface area contributed by atoms with E-state index in [1.807, 2.05) is 0 Å². The molecule has 1 heterocycles. The molecule has 24 heavy (non-hydrogen) atoms. The van der Waals surface area contributed by atoms with E-state index in [1.54, 1.807) is 0 Å². The summed E-state index contributed by atoms with van der Waals surface area (Å²) in [6.07, 6.45) is 13.2. The second kappa shape index (κ2) is 15.7. The van der Waals surface area contributed by atoms with Crippen molar-refractivity contribution < 1.29 is 9.53 Å². The maximum Gasteiger partial charge on any atom is 0.314 e. The Balaban J connectivity index is 1.77. The topological polar surface area (TPSA) is 53.6 Å². The monoisotopic (exact) mass is 341 g/mol. The lowest BCUT2D eigenvalue weighted by Gasteiger charge is -2.26. The summed E-state index contributed by atoms with van der Waals surface area (Å²) in [4.78, 5) is 14.0. The van der Waals surface area contributed by atoms with Crippen LogP contribution in [-0.2, 0) is 4.74 Å². The van der Waals surface area contributed by atoms with Gasteiger partial charge in [-0.15, -0.1) is 0 Å². The van der Waals surface area contributed by atoms with Crippen molar-refractivity contribution in [3.8, 4) is 0 Å². The molecule has 0 aromatic heterocycles. The van der Waals surface area contributed by atoms with E-state index in [4.69, 9.17) is 4.74 Å². The Morgan fingerprint density at radius 2 is 1.38 bits per heavy atom. The summed E-state index contributed by atoms with van der Waals surface area (Å²) in [5.74, 6) is 0. The fourth-order valence-corrected chi connectivity index (χ4v) is 3.03. The standard InChI is InChI=1S/C19H39N3O2/c1-2-3-4-5-6-7-8-9-10-11-12-20-19(23)21-13-14-22-15-17-24-18-16-22/h2-18H2,1H3,(H2,20,21,23). The van der Waals surface area contributed by atoms with Crippen molar-refractivity contribution in [1.29, 1.82) is 0 Å². The van der Waals surface area contributed by atoms with E-state index >= 15 is 0 Å². The Hall–Kier alpha value is -0.810. The van der Waals surface area contributed by atoms with Crippen LogP contribution in [0.2, 0.25) is 0 Å². The van der Waals surface area contributed by atoms with E-state index in [0.717, 1.165) is 45.8 Å². The van der Waals surface area contributed by atoms with E-state index in [2.05, 4.69) is 22.5 Å². The lowest BCUT2D eigenvalue weighted by molar-refractivity contribution is 0.0387. The summed E-state index contributed by atoms with van der Waals surface area (Å²) in [6.45, 7) is 8.25. The van der Waals surface area contributed by atoms with E-state index in [0.29, 0.717) is 6.54 Å². The SMILES string of the molecule is CCCCCCCCCCCCNC(=O)NCCN1CCOCC1. The summed E-state index contributed by atoms with van der Waals surface area (Å²) in [7, 11) is 0. The third-order valence-corrected chi connectivity index (χ3v) is 4.63. The molecule has 0 aromatic rings. The Labute approximate surface area is 148 Å². The van der Waals surface area contributed by atoms with E-state index in [-0.39, 0.29) is 6.03 Å². The Morgan fingerprint density at radius 3 is 2.00 bits per heavy atom. The molecular formula is C19H39N3O2. The van der Waals surface area contributed by atoms with E-state index in [1.165, 1.54) is 57.8 Å². The first-order valence-electron chi connectivity index (χ1n) is 10.1. The number of morpholine rings is 1. The van der Waals surface area contributed by atoms with Crippen LogP contribution in [0.4, 0.5) is 4.79 Å². The van der Waals surface area contributed by atoms with E-state index in [9.17, 15) is 4.79 Å². The smallest absolute Gasteiger partial charge is 0.314 e. The highest BCUT2D eigenvalue weighted by atomic mass is 16.5. The predicted molar refractivity (Wildman–Crippen MR) is 101 cm³/mol. The highest BCUT2D eigenvalue weighted by molar-refractivity contribution is 5.73. The van der Waals surface area contributed by atoms with Gasteiger partial charge in [-0.1, -0.05) is 64.7 Å². The number of nitrogens with one attached hydrogen (secondary N) is 2. The summed E-state index contributed by atoms with van der Waals surface area (Å²) in [5, 5.41) is 5.89. The average Bonchev–Trinajstić information content (AvgIpc) is 2.60. The Morgan fingerprint density at radius 1 is 0.833 bits per heavy atom. The van der Waals surface area contributed by atoms with Crippen LogP contribution < -0.4 is 10.6 Å². The number of hydrogen-bond acceptors (Lipinski definition) is 3. The molecule has 1 saturated heterocycles. The maximum atomic E-state index is 11.7. The molecule has 0 atom stereocenters. The summed E-state index contributed by atoms with van der Waals surface area (Å²) < 4.78 is 5.31. The van der Waals surface area contributed by atoms with Gasteiger partial charge in [-0.3, -0.25) is 4.90 Å². The number of urea groups is 1. The Kier molecular flexibility index (Phi) is 13.9. The maximum absolute atomic E-state index is 11.7. The van der Waals surface area contributed by atoms with Gasteiger partial charge in [-0.25, -0.2) is 4.79 Å². The second-order valence-electron chi connectivity index (χ2n) is 6.82. The third kappa shape index (κ3) is 12.6. The fraction of sp³-hybridized carbons (Fsp3) is 0.947. The highest BCUT2D eigenvalue weighted by Gasteiger charge is 2.09. The molecule has 1 rings (SSSR count). The number of hydrogen-bond donors (Lipinski definition) is 2. The van der Waals surface area contributed by atoms with Crippen molar-refractivity contribution in [3.63, 3.8) is 0 Å². The predicted octanol–water partition coefficient (Wildman–Crippen LogP) is 3.54. The van der Waals surface area contributed by atoms with Gasteiger partial charge in [-0.2, -0.15) is 0 Å². The van der Waals surface area contributed by atoms with Crippen LogP contribution >= 0.6 is 0 Å². The minimum atomic E-state index is -0.0285. The van der Waals surface area contributed by atoms with Crippen molar-refractivity contribution in [1.82, 2.24) is 15.5 Å². The molecule has 0 saturated carbocycles. The number of unbranched alkanes of at least 4 members (excludes halogenated alkanes) is 9. The number of ether oxygens (including phenoxy) is 1. The van der Waals surface area contributed by atoms with Crippen molar-refractivity contribution >= 4 is 6.03 Å². The molecule has 2 amide bonds. The van der Waals surface area contributed by atoms with Crippen LogP contribution in [0.1, 0.15) is 71.1 Å². The third-order valence-electron chi connectivity index (χ3n) is 4.63. The molecule has 1 aliphatic heterocycles. The van der Waals surface area contributed by atoms with E-state index < -0.39 is 0 Å². The van der Waals surface area contributed by atoms with Crippen molar-refractivity contribution in [3.05, 3.63) is 0 Å². The van der Waals surface area contributed by atoms with Gasteiger partial charge in [0.1, 0.15) is 0 Å². The average molecular weight is 342 g/mol. The molecule has 0 bridgehead atoms. The minimum absolute atomic E-state index is 0.0285. The number of nitrogens with zero attached hydrogens (tertiary/aromatic N) is 1. The zero-order valence-electron chi connectivity index (χ0n) is 15.8. The normalized spacial score (nSPS) is 15.4. The van der Waals surface area contributed by atoms with Crippen molar-refractivity contribution in [2.24, 2.45) is 0 Å². The quantitative estimate of drug-likeness (QED) is 0.475. The van der Waals surface area contributed by atoms with Gasteiger partial charge < -0.3 is 15.4 Å². The van der Waals surface area contributed by atoms with Gasteiger partial charge in [0.05, 0.1) is 13.2 Å². The lowest BCUT2D eigenvalue weighted by Crippen LogP contribution is -2.43. The van der Waals surface area contributed by atoms with Crippen LogP contribution in [-0.4, -0.2) is 56.9 Å². The van der Waals surface area contributed by atoms with Gasteiger partial charge in [0.15, 0.2) is 0 Å². The van der Waals surface area contributed by atoms with Crippen LogP contribution in [0.5, 0.6) is 0 Å². The highest BCUT2D eigenvalue weighted by Crippen LogP contribution is 2.10. The van der Waals surface area contributed by atoms with Crippen LogP contribution in [0.3, 0.4) is 0 Å². The first kappa shape index (κ1) is 21.2. The zero-order valence-corrected chi connectivity index (χ0v) is 15.8. The molecule has 5 heteroatoms. The minimum Gasteiger partial charge on any atom is -0.379 e. The molecule has 0 aromatic carbocycles. The first-order valence-corrected chi connectivity index (χ1v) is 10.1. The van der Waals surface area contributed by atoms with Gasteiger partial charge in [0, 0.05) is 32.7 Å². The second-order valence-corrected chi connectivity index (χ2v) is 6.82. The fourth-order valence-electron chi connectivity index (χ4n) is 3.03. The molecule has 0 spiro atoms. The largest absolute Gasteiger partial charge is 0.379 e. The molecule has 1 fully saturated rings. The van der Waals surface area contributed by atoms with Crippen LogP contribution in [0.25, 0.3) is 0 Å². The summed E-state index contributed by atoms with van der Waals surface area (Å²) in [5.41, 5.74) is 0.